The lowest BCUT2D eigenvalue weighted by Crippen LogP contribution is -2.33. The van der Waals surface area contributed by atoms with Gasteiger partial charge >= 0.3 is 0 Å². The molecule has 0 aromatic heterocycles. The van der Waals surface area contributed by atoms with Gasteiger partial charge in [-0.3, -0.25) is 0 Å². The molecule has 0 radical (unpaired) electrons. The number of rotatable bonds is 5. The smallest absolute Gasteiger partial charge is 0.208 e. The minimum atomic E-state index is -3.39. The highest BCUT2D eigenvalue weighted by Gasteiger charge is 2.17. The molecule has 5 heteroatoms. The van der Waals surface area contributed by atoms with Gasteiger partial charge in [0.25, 0.3) is 0 Å². The van der Waals surface area contributed by atoms with Crippen molar-refractivity contribution in [3.05, 3.63) is 29.8 Å². The Morgan fingerprint density at radius 1 is 1.24 bits per heavy atom. The fourth-order valence-electron chi connectivity index (χ4n) is 1.59. The third kappa shape index (κ3) is 4.77. The van der Waals surface area contributed by atoms with Gasteiger partial charge in [0.05, 0.1) is 4.90 Å². The number of halogens is 1. The maximum atomic E-state index is 12.0. The predicted molar refractivity (Wildman–Crippen MR) is 74.0 cm³/mol. The first-order chi connectivity index (χ1) is 7.81. The molecule has 2 atom stereocenters. The molecule has 0 bridgehead atoms. The summed E-state index contributed by atoms with van der Waals surface area (Å²) in [5.74, 6) is 0. The average molecular weight is 320 g/mol. The van der Waals surface area contributed by atoms with Gasteiger partial charge in [-0.25, -0.2) is 13.1 Å². The van der Waals surface area contributed by atoms with E-state index in [-0.39, 0.29) is 6.04 Å². The zero-order valence-electron chi connectivity index (χ0n) is 10.3. The molecule has 0 heterocycles. The average Bonchev–Trinajstić information content (AvgIpc) is 2.15. The molecule has 1 aromatic rings. The summed E-state index contributed by atoms with van der Waals surface area (Å²) in [6, 6.07) is 6.76. The monoisotopic (exact) mass is 319 g/mol. The molecule has 1 N–H and O–H groups in total. The van der Waals surface area contributed by atoms with Crippen LogP contribution >= 0.6 is 15.9 Å². The van der Waals surface area contributed by atoms with Crippen LogP contribution in [-0.4, -0.2) is 19.3 Å². The molecular weight excluding hydrogens is 302 g/mol. The van der Waals surface area contributed by atoms with Crippen molar-refractivity contribution in [2.24, 2.45) is 0 Å². The third-order valence-electron chi connectivity index (χ3n) is 2.37. The van der Waals surface area contributed by atoms with Crippen LogP contribution in [0.15, 0.2) is 29.2 Å². The van der Waals surface area contributed by atoms with Crippen molar-refractivity contribution in [3.8, 4) is 0 Å². The fraction of sp³-hybridized carbons (Fsp3) is 0.500. The van der Waals surface area contributed by atoms with E-state index in [9.17, 15) is 8.42 Å². The molecule has 0 spiro atoms. The molecule has 3 nitrogen and oxygen atoms in total. The third-order valence-corrected chi connectivity index (χ3v) is 4.35. The number of alkyl halides is 1. The number of nitrogens with one attached hydrogen (secondary N) is 1. The molecule has 0 amide bonds. The van der Waals surface area contributed by atoms with Crippen LogP contribution in [0, 0.1) is 6.92 Å². The zero-order chi connectivity index (χ0) is 13.1. The Bertz CT molecular complexity index is 454. The van der Waals surface area contributed by atoms with Crippen LogP contribution < -0.4 is 4.72 Å². The van der Waals surface area contributed by atoms with Crippen LogP contribution in [0.3, 0.4) is 0 Å². The van der Waals surface area contributed by atoms with Crippen LogP contribution in [-0.2, 0) is 10.0 Å². The summed E-state index contributed by atoms with van der Waals surface area (Å²) in [5.41, 5.74) is 1.05. The molecule has 0 aliphatic carbocycles. The van der Waals surface area contributed by atoms with E-state index < -0.39 is 10.0 Å². The highest BCUT2D eigenvalue weighted by molar-refractivity contribution is 9.09. The van der Waals surface area contributed by atoms with E-state index in [2.05, 4.69) is 20.7 Å². The number of hydrogen-bond donors (Lipinski definition) is 1. The molecule has 0 saturated heterocycles. The van der Waals surface area contributed by atoms with Crippen LogP contribution in [0.1, 0.15) is 25.8 Å². The van der Waals surface area contributed by atoms with Gasteiger partial charge in [-0.15, -0.1) is 0 Å². The molecule has 0 fully saturated rings. The van der Waals surface area contributed by atoms with Crippen molar-refractivity contribution in [2.45, 2.75) is 43.0 Å². The Morgan fingerprint density at radius 3 is 2.24 bits per heavy atom. The first kappa shape index (κ1) is 14.7. The number of sulfonamides is 1. The Hall–Kier alpha value is -0.390. The maximum absolute atomic E-state index is 12.0. The van der Waals surface area contributed by atoms with E-state index in [1.807, 2.05) is 20.8 Å². The summed E-state index contributed by atoms with van der Waals surface area (Å²) in [6.07, 6.45) is 0.755. The van der Waals surface area contributed by atoms with Crippen LogP contribution in [0.4, 0.5) is 0 Å². The number of hydrogen-bond acceptors (Lipinski definition) is 2. The first-order valence-corrected chi connectivity index (χ1v) is 7.94. The molecule has 0 aliphatic rings. The quantitative estimate of drug-likeness (QED) is 0.848. The standard InChI is InChI=1S/C12H18BrNO2S/c1-9-4-6-12(7-5-9)17(15,16)14-11(3)8-10(2)13/h4-7,10-11,14H,8H2,1-3H3. The number of benzene rings is 1. The molecule has 1 rings (SSSR count). The van der Waals surface area contributed by atoms with Crippen LogP contribution in [0.5, 0.6) is 0 Å². The lowest BCUT2D eigenvalue weighted by atomic mass is 10.2. The van der Waals surface area contributed by atoms with Gasteiger partial charge in [0.15, 0.2) is 0 Å². The molecule has 0 aliphatic heterocycles. The molecular formula is C12H18BrNO2S. The van der Waals surface area contributed by atoms with E-state index in [1.54, 1.807) is 24.3 Å². The van der Waals surface area contributed by atoms with Crippen LogP contribution in [0.25, 0.3) is 0 Å². The minimum Gasteiger partial charge on any atom is -0.208 e. The maximum Gasteiger partial charge on any atom is 0.240 e. The largest absolute Gasteiger partial charge is 0.240 e. The normalized spacial score (nSPS) is 15.5. The van der Waals surface area contributed by atoms with Crippen molar-refractivity contribution >= 4 is 26.0 Å². The summed E-state index contributed by atoms with van der Waals surface area (Å²) >= 11 is 3.41. The molecule has 0 saturated carbocycles. The summed E-state index contributed by atoms with van der Waals surface area (Å²) in [5, 5.41) is 0. The summed E-state index contributed by atoms with van der Waals surface area (Å²) in [6.45, 7) is 5.79. The predicted octanol–water partition coefficient (Wildman–Crippen LogP) is 2.84. The molecule has 1 aromatic carbocycles. The Morgan fingerprint density at radius 2 is 1.76 bits per heavy atom. The Balaban J connectivity index is 2.78. The Labute approximate surface area is 112 Å². The summed E-state index contributed by atoms with van der Waals surface area (Å²) < 4.78 is 26.7. The highest BCUT2D eigenvalue weighted by atomic mass is 79.9. The second kappa shape index (κ2) is 5.98. The first-order valence-electron chi connectivity index (χ1n) is 5.54. The van der Waals surface area contributed by atoms with Gasteiger partial charge in [0, 0.05) is 10.9 Å². The van der Waals surface area contributed by atoms with E-state index >= 15 is 0 Å². The van der Waals surface area contributed by atoms with Gasteiger partial charge in [-0.1, -0.05) is 40.5 Å². The highest BCUT2D eigenvalue weighted by Crippen LogP contribution is 2.13. The lowest BCUT2D eigenvalue weighted by Gasteiger charge is -2.15. The summed E-state index contributed by atoms with van der Waals surface area (Å²) in [4.78, 5) is 0.607. The van der Waals surface area contributed by atoms with Gasteiger partial charge in [-0.2, -0.15) is 0 Å². The molecule has 17 heavy (non-hydrogen) atoms. The number of aryl methyl sites for hydroxylation is 1. The van der Waals surface area contributed by atoms with Gasteiger partial charge in [0.1, 0.15) is 0 Å². The topological polar surface area (TPSA) is 46.2 Å². The minimum absolute atomic E-state index is 0.0873. The van der Waals surface area contributed by atoms with E-state index in [0.29, 0.717) is 9.72 Å². The van der Waals surface area contributed by atoms with E-state index in [0.717, 1.165) is 12.0 Å². The molecule has 2 unspecified atom stereocenters. The molecule has 96 valence electrons. The van der Waals surface area contributed by atoms with Crippen molar-refractivity contribution in [1.29, 1.82) is 0 Å². The van der Waals surface area contributed by atoms with Crippen molar-refractivity contribution in [1.82, 2.24) is 4.72 Å². The van der Waals surface area contributed by atoms with Crippen molar-refractivity contribution in [2.75, 3.05) is 0 Å². The second-order valence-corrected chi connectivity index (χ2v) is 7.63. The SMILES string of the molecule is Cc1ccc(S(=O)(=O)NC(C)CC(C)Br)cc1. The van der Waals surface area contributed by atoms with Gasteiger partial charge in [0.2, 0.25) is 10.0 Å². The van der Waals surface area contributed by atoms with Crippen LogP contribution in [0.2, 0.25) is 0 Å². The lowest BCUT2D eigenvalue weighted by molar-refractivity contribution is 0.548. The van der Waals surface area contributed by atoms with Gasteiger partial charge < -0.3 is 0 Å². The van der Waals surface area contributed by atoms with Crippen molar-refractivity contribution in [3.63, 3.8) is 0 Å². The summed E-state index contributed by atoms with van der Waals surface area (Å²) in [7, 11) is -3.39. The Kier molecular flexibility index (Phi) is 5.16. The fourth-order valence-corrected chi connectivity index (χ4v) is 3.40. The van der Waals surface area contributed by atoms with Crippen molar-refractivity contribution < 1.29 is 8.42 Å². The van der Waals surface area contributed by atoms with Gasteiger partial charge in [-0.05, 0) is 32.4 Å². The second-order valence-electron chi connectivity index (χ2n) is 4.35. The zero-order valence-corrected chi connectivity index (χ0v) is 12.7. The van der Waals surface area contributed by atoms with E-state index in [1.165, 1.54) is 0 Å². The van der Waals surface area contributed by atoms with E-state index in [4.69, 9.17) is 0 Å².